The monoisotopic (exact) mass is 216 g/mol. The number of hydrogen-bond acceptors (Lipinski definition) is 6. The lowest BCUT2D eigenvalue weighted by molar-refractivity contribution is -0.158. The normalized spacial score (nSPS) is 20.1. The van der Waals surface area contributed by atoms with Crippen molar-refractivity contribution < 1.29 is 34.1 Å². The number of carbonyl (C=O) groups excluding carboxylic acids is 2. The summed E-state index contributed by atoms with van der Waals surface area (Å²) in [7, 11) is 0. The van der Waals surface area contributed by atoms with Gasteiger partial charge in [-0.3, -0.25) is 0 Å². The summed E-state index contributed by atoms with van der Waals surface area (Å²) in [6.07, 6.45) is -1.79. The molecule has 1 rings (SSSR count). The molecule has 0 aromatic heterocycles. The molecule has 0 bridgehead atoms. The summed E-state index contributed by atoms with van der Waals surface area (Å²) in [5.74, 6) is -4.88. The van der Waals surface area contributed by atoms with E-state index in [4.69, 9.17) is 10.2 Å². The van der Waals surface area contributed by atoms with Gasteiger partial charge in [0.25, 0.3) is 0 Å². The quantitative estimate of drug-likeness (QED) is 0.604. The van der Waals surface area contributed by atoms with Crippen LogP contribution in [-0.2, 0) is 23.9 Å². The third kappa shape index (κ3) is 1.90. The van der Waals surface area contributed by atoms with E-state index in [0.29, 0.717) is 0 Å². The minimum atomic E-state index is -1.79. The minimum absolute atomic E-state index is 0.00383. The molecule has 0 saturated carbocycles. The highest BCUT2D eigenvalue weighted by Gasteiger charge is 2.43. The van der Waals surface area contributed by atoms with Gasteiger partial charge in [-0.05, 0) is 6.92 Å². The van der Waals surface area contributed by atoms with Gasteiger partial charge in [0.2, 0.25) is 11.9 Å². The van der Waals surface area contributed by atoms with Crippen molar-refractivity contribution in [1.29, 1.82) is 0 Å². The van der Waals surface area contributed by atoms with Crippen molar-refractivity contribution >= 4 is 17.9 Å². The molecule has 1 aliphatic rings. The summed E-state index contributed by atoms with van der Waals surface area (Å²) in [5, 5.41) is 17.7. The first-order valence-corrected chi connectivity index (χ1v) is 4.03. The Labute approximate surface area is 83.9 Å². The molecule has 0 spiro atoms. The molecule has 2 N–H and O–H groups in total. The number of carboxylic acids is 1. The fourth-order valence-electron chi connectivity index (χ4n) is 1.04. The summed E-state index contributed by atoms with van der Waals surface area (Å²) in [6, 6.07) is 0. The molecule has 82 valence electrons. The number of esters is 2. The maximum atomic E-state index is 11.2. The van der Waals surface area contributed by atoms with Crippen LogP contribution in [-0.4, -0.2) is 40.8 Å². The van der Waals surface area contributed by atoms with Crippen LogP contribution in [0.5, 0.6) is 0 Å². The highest BCUT2D eigenvalue weighted by Crippen LogP contribution is 2.22. The van der Waals surface area contributed by atoms with Crippen LogP contribution >= 0.6 is 0 Å². The van der Waals surface area contributed by atoms with Gasteiger partial charge in [0.1, 0.15) is 5.57 Å². The largest absolute Gasteiger partial charge is 0.501 e. The number of carbonyl (C=O) groups is 3. The topological polar surface area (TPSA) is 110 Å². The Morgan fingerprint density at radius 2 is 2.13 bits per heavy atom. The van der Waals surface area contributed by atoms with Gasteiger partial charge >= 0.3 is 17.9 Å². The van der Waals surface area contributed by atoms with Gasteiger partial charge in [0, 0.05) is 0 Å². The first-order chi connectivity index (χ1) is 6.99. The number of cyclic esters (lactones) is 1. The van der Waals surface area contributed by atoms with Crippen molar-refractivity contribution in [2.24, 2.45) is 0 Å². The molecule has 0 saturated heterocycles. The van der Waals surface area contributed by atoms with E-state index in [-0.39, 0.29) is 6.61 Å². The Hall–Kier alpha value is -2.05. The Bertz CT molecular complexity index is 354. The van der Waals surface area contributed by atoms with Gasteiger partial charge in [-0.15, -0.1) is 0 Å². The summed E-state index contributed by atoms with van der Waals surface area (Å²) in [4.78, 5) is 32.6. The van der Waals surface area contributed by atoms with E-state index in [2.05, 4.69) is 9.47 Å². The highest BCUT2D eigenvalue weighted by molar-refractivity contribution is 6.07. The Morgan fingerprint density at radius 3 is 2.60 bits per heavy atom. The number of aliphatic hydroxyl groups excluding tert-OH is 1. The van der Waals surface area contributed by atoms with Gasteiger partial charge in [-0.25, -0.2) is 14.4 Å². The zero-order valence-corrected chi connectivity index (χ0v) is 7.72. The van der Waals surface area contributed by atoms with Gasteiger partial charge in [0.15, 0.2) is 0 Å². The van der Waals surface area contributed by atoms with Crippen LogP contribution in [0, 0.1) is 0 Å². The molecule has 7 heteroatoms. The molecular formula is C8H8O7. The maximum absolute atomic E-state index is 11.2. The smallest absolute Gasteiger partial charge is 0.375 e. The summed E-state index contributed by atoms with van der Waals surface area (Å²) >= 11 is 0. The standard InChI is InChI=1S/C8H8O7/c1-2-14-7(12)3-4(9)8(13)15-5(3)6(10)11/h5,9H,2H2,1H3,(H,10,11). The predicted octanol–water partition coefficient (Wildman–Crippen LogP) is -0.628. The summed E-state index contributed by atoms with van der Waals surface area (Å²) in [5.41, 5.74) is -0.672. The van der Waals surface area contributed by atoms with Gasteiger partial charge < -0.3 is 19.7 Å². The van der Waals surface area contributed by atoms with Crippen LogP contribution in [0.1, 0.15) is 6.92 Å². The molecule has 1 heterocycles. The number of hydrogen-bond donors (Lipinski definition) is 2. The predicted molar refractivity (Wildman–Crippen MR) is 43.8 cm³/mol. The molecule has 0 fully saturated rings. The van der Waals surface area contributed by atoms with E-state index in [0.717, 1.165) is 0 Å². The molecule has 1 aliphatic heterocycles. The summed E-state index contributed by atoms with van der Waals surface area (Å²) < 4.78 is 8.72. The highest BCUT2D eigenvalue weighted by atomic mass is 16.6. The molecule has 15 heavy (non-hydrogen) atoms. The van der Waals surface area contributed by atoms with Crippen molar-refractivity contribution in [3.8, 4) is 0 Å². The molecule has 1 atom stereocenters. The third-order valence-electron chi connectivity index (χ3n) is 1.66. The van der Waals surface area contributed by atoms with Gasteiger partial charge in [-0.1, -0.05) is 0 Å². The van der Waals surface area contributed by atoms with Gasteiger partial charge in [-0.2, -0.15) is 0 Å². The van der Waals surface area contributed by atoms with Gasteiger partial charge in [0.05, 0.1) is 6.61 Å². The van der Waals surface area contributed by atoms with Crippen LogP contribution in [0.3, 0.4) is 0 Å². The number of rotatable bonds is 3. The van der Waals surface area contributed by atoms with Crippen LogP contribution in [0.25, 0.3) is 0 Å². The fraction of sp³-hybridized carbons (Fsp3) is 0.375. The lowest BCUT2D eigenvalue weighted by atomic mass is 10.1. The van der Waals surface area contributed by atoms with Crippen molar-refractivity contribution in [3.63, 3.8) is 0 Å². The Balaban J connectivity index is 3.03. The SMILES string of the molecule is CCOC(=O)C1=C(O)C(=O)OC1C(=O)O. The number of aliphatic hydroxyl groups is 1. The molecule has 0 aromatic rings. The second kappa shape index (κ2) is 3.99. The van der Waals surface area contributed by atoms with E-state index in [1.165, 1.54) is 6.92 Å². The number of carboxylic acid groups (broad SMARTS) is 1. The number of ether oxygens (including phenoxy) is 2. The van der Waals surface area contributed by atoms with E-state index < -0.39 is 35.3 Å². The van der Waals surface area contributed by atoms with Crippen molar-refractivity contribution in [3.05, 3.63) is 11.3 Å². The second-order valence-electron chi connectivity index (χ2n) is 2.61. The average Bonchev–Trinajstić information content (AvgIpc) is 2.44. The van der Waals surface area contributed by atoms with E-state index in [1.807, 2.05) is 0 Å². The van der Waals surface area contributed by atoms with Crippen molar-refractivity contribution in [2.75, 3.05) is 6.61 Å². The lowest BCUT2D eigenvalue weighted by Crippen LogP contribution is -2.27. The lowest BCUT2D eigenvalue weighted by Gasteiger charge is -2.07. The molecule has 0 aromatic carbocycles. The van der Waals surface area contributed by atoms with Crippen LogP contribution < -0.4 is 0 Å². The molecule has 0 aliphatic carbocycles. The zero-order chi connectivity index (χ0) is 11.6. The van der Waals surface area contributed by atoms with E-state index >= 15 is 0 Å². The van der Waals surface area contributed by atoms with Crippen LogP contribution in [0.2, 0.25) is 0 Å². The molecule has 1 unspecified atom stereocenters. The Kier molecular flexibility index (Phi) is 2.93. The summed E-state index contributed by atoms with van der Waals surface area (Å²) in [6.45, 7) is 1.50. The first-order valence-electron chi connectivity index (χ1n) is 4.03. The minimum Gasteiger partial charge on any atom is -0.501 e. The second-order valence-corrected chi connectivity index (χ2v) is 2.61. The Morgan fingerprint density at radius 1 is 1.53 bits per heavy atom. The van der Waals surface area contributed by atoms with Crippen molar-refractivity contribution in [1.82, 2.24) is 0 Å². The average molecular weight is 216 g/mol. The fourth-order valence-corrected chi connectivity index (χ4v) is 1.04. The third-order valence-corrected chi connectivity index (χ3v) is 1.66. The zero-order valence-electron chi connectivity index (χ0n) is 7.72. The molecule has 7 nitrogen and oxygen atoms in total. The molecule has 0 amide bonds. The van der Waals surface area contributed by atoms with Crippen LogP contribution in [0.4, 0.5) is 0 Å². The first kappa shape index (κ1) is 11.0. The molecular weight excluding hydrogens is 208 g/mol. The maximum Gasteiger partial charge on any atom is 0.375 e. The van der Waals surface area contributed by atoms with Crippen molar-refractivity contribution in [2.45, 2.75) is 13.0 Å². The number of aliphatic carboxylic acids is 1. The van der Waals surface area contributed by atoms with E-state index in [9.17, 15) is 14.4 Å². The molecule has 0 radical (unpaired) electrons. The van der Waals surface area contributed by atoms with Crippen LogP contribution in [0.15, 0.2) is 11.3 Å². The van der Waals surface area contributed by atoms with E-state index in [1.54, 1.807) is 0 Å².